The highest BCUT2D eigenvalue weighted by atomic mass is 19.1. The Hall–Kier alpha value is -3.13. The van der Waals surface area contributed by atoms with E-state index in [0.29, 0.717) is 37.2 Å². The zero-order valence-corrected chi connectivity index (χ0v) is 17.7. The Kier molecular flexibility index (Phi) is 5.46. The molecule has 1 atom stereocenters. The van der Waals surface area contributed by atoms with Gasteiger partial charge in [-0.15, -0.1) is 0 Å². The second-order valence-electron chi connectivity index (χ2n) is 8.56. The van der Waals surface area contributed by atoms with E-state index in [1.54, 1.807) is 11.1 Å². The number of fused-ring (bicyclic) bond motifs is 1. The summed E-state index contributed by atoms with van der Waals surface area (Å²) in [6, 6.07) is 3.33. The van der Waals surface area contributed by atoms with E-state index >= 15 is 0 Å². The van der Waals surface area contributed by atoms with Crippen LogP contribution < -0.4 is 5.32 Å². The van der Waals surface area contributed by atoms with Crippen molar-refractivity contribution in [2.75, 3.05) is 19.6 Å². The number of hydrogen-bond acceptors (Lipinski definition) is 5. The first kappa shape index (κ1) is 20.8. The average Bonchev–Trinajstić information content (AvgIpc) is 3.29. The van der Waals surface area contributed by atoms with E-state index in [9.17, 15) is 18.7 Å². The maximum atomic E-state index is 14.5. The maximum absolute atomic E-state index is 14.5. The van der Waals surface area contributed by atoms with Crippen LogP contribution >= 0.6 is 0 Å². The molecule has 0 bridgehead atoms. The van der Waals surface area contributed by atoms with Crippen LogP contribution in [0.5, 0.6) is 0 Å². The molecule has 5 rings (SSSR count). The number of benzene rings is 1. The lowest BCUT2D eigenvalue weighted by molar-refractivity contribution is -0.130. The summed E-state index contributed by atoms with van der Waals surface area (Å²) in [5.74, 6) is -0.958. The molecule has 2 N–H and O–H groups in total. The van der Waals surface area contributed by atoms with Crippen LogP contribution in [0.2, 0.25) is 0 Å². The molecule has 4 aliphatic heterocycles. The molecule has 1 aromatic rings. The van der Waals surface area contributed by atoms with Crippen LogP contribution in [-0.4, -0.2) is 51.5 Å². The highest BCUT2D eigenvalue weighted by Crippen LogP contribution is 2.38. The second kappa shape index (κ2) is 8.43. The summed E-state index contributed by atoms with van der Waals surface area (Å²) in [6.45, 7) is 1.76. The normalized spacial score (nSPS) is 23.4. The Bertz CT molecular complexity index is 1040. The molecule has 32 heavy (non-hydrogen) atoms. The summed E-state index contributed by atoms with van der Waals surface area (Å²) >= 11 is 0. The van der Waals surface area contributed by atoms with Crippen molar-refractivity contribution in [1.29, 1.82) is 0 Å². The average molecular weight is 440 g/mol. The van der Waals surface area contributed by atoms with Gasteiger partial charge in [-0.05, 0) is 56.0 Å². The highest BCUT2D eigenvalue weighted by molar-refractivity contribution is 5.94. The van der Waals surface area contributed by atoms with Gasteiger partial charge in [0.15, 0.2) is 0 Å². The number of nitrogens with zero attached hydrogens (tertiary/aromatic N) is 3. The summed E-state index contributed by atoms with van der Waals surface area (Å²) in [7, 11) is 0. The number of likely N-dealkylation sites (tertiary alicyclic amines) is 2. The van der Waals surface area contributed by atoms with Crippen molar-refractivity contribution in [3.8, 4) is 0 Å². The molecule has 0 saturated carbocycles. The van der Waals surface area contributed by atoms with Gasteiger partial charge >= 0.3 is 0 Å². The SMILES string of the molecule is O=C(C1=CNC=C2C=CC(N3CCC[C@H]3c3cc(F)ccc3F)=CN21)N1CCC(O)CC1. The van der Waals surface area contributed by atoms with Crippen molar-refractivity contribution in [3.63, 3.8) is 0 Å². The van der Waals surface area contributed by atoms with Gasteiger partial charge in [0.05, 0.1) is 23.5 Å². The molecule has 0 aliphatic carbocycles. The standard InChI is InChI=1S/C24H26F2N4O2/c25-16-3-6-21(26)20(12-16)22-2-1-9-29(22)18-5-4-17-13-27-14-23(30(17)15-18)24(32)28-10-7-19(31)8-11-28/h3-6,12-15,19,22,27,31H,1-2,7-11H2/t22-/m0/s1. The largest absolute Gasteiger partial charge is 0.393 e. The lowest BCUT2D eigenvalue weighted by atomic mass is 10.0. The van der Waals surface area contributed by atoms with Gasteiger partial charge in [-0.1, -0.05) is 0 Å². The van der Waals surface area contributed by atoms with E-state index < -0.39 is 11.6 Å². The smallest absolute Gasteiger partial charge is 0.272 e. The number of carbonyl (C=O) groups excluding carboxylic acids is 1. The van der Waals surface area contributed by atoms with Crippen LogP contribution in [0.4, 0.5) is 8.78 Å². The van der Waals surface area contributed by atoms with E-state index in [-0.39, 0.29) is 18.1 Å². The first-order valence-corrected chi connectivity index (χ1v) is 11.1. The van der Waals surface area contributed by atoms with Crippen molar-refractivity contribution in [2.24, 2.45) is 0 Å². The molecule has 0 unspecified atom stereocenters. The predicted octanol–water partition coefficient (Wildman–Crippen LogP) is 3.08. The number of aliphatic hydroxyl groups is 1. The number of piperidine rings is 1. The summed E-state index contributed by atoms with van der Waals surface area (Å²) in [4.78, 5) is 18.9. The summed E-state index contributed by atoms with van der Waals surface area (Å²) in [5, 5.41) is 12.8. The third-order valence-electron chi connectivity index (χ3n) is 6.55. The van der Waals surface area contributed by atoms with Crippen LogP contribution in [0.1, 0.15) is 37.3 Å². The van der Waals surface area contributed by atoms with Gasteiger partial charge in [-0.2, -0.15) is 0 Å². The van der Waals surface area contributed by atoms with Crippen molar-refractivity contribution < 1.29 is 18.7 Å². The fraction of sp³-hybridized carbons (Fsp3) is 0.375. The lowest BCUT2D eigenvalue weighted by Gasteiger charge is -2.37. The summed E-state index contributed by atoms with van der Waals surface area (Å²) in [5.41, 5.74) is 2.53. The minimum absolute atomic E-state index is 0.102. The van der Waals surface area contributed by atoms with Gasteiger partial charge in [0, 0.05) is 43.8 Å². The Morgan fingerprint density at radius 3 is 2.62 bits per heavy atom. The fourth-order valence-electron chi connectivity index (χ4n) is 4.84. The number of halogens is 2. The van der Waals surface area contributed by atoms with E-state index in [0.717, 1.165) is 36.8 Å². The summed E-state index contributed by atoms with van der Waals surface area (Å²) in [6.07, 6.45) is 11.6. The van der Waals surface area contributed by atoms with Gasteiger partial charge < -0.3 is 25.1 Å². The zero-order valence-electron chi connectivity index (χ0n) is 17.7. The predicted molar refractivity (Wildman–Crippen MR) is 115 cm³/mol. The van der Waals surface area contributed by atoms with E-state index in [1.165, 1.54) is 12.1 Å². The van der Waals surface area contributed by atoms with Crippen molar-refractivity contribution in [3.05, 3.63) is 83.2 Å². The Labute approximate surface area is 185 Å². The Morgan fingerprint density at radius 2 is 1.81 bits per heavy atom. The minimum atomic E-state index is -0.448. The maximum Gasteiger partial charge on any atom is 0.272 e. The zero-order chi connectivity index (χ0) is 22.2. The number of nitrogens with one attached hydrogen (secondary N) is 1. The van der Waals surface area contributed by atoms with E-state index in [1.807, 2.05) is 29.5 Å². The van der Waals surface area contributed by atoms with Crippen LogP contribution in [0.25, 0.3) is 0 Å². The molecule has 4 aliphatic rings. The van der Waals surface area contributed by atoms with Gasteiger partial charge in [0.1, 0.15) is 17.3 Å². The number of amides is 1. The molecule has 0 radical (unpaired) electrons. The van der Waals surface area contributed by atoms with E-state index in [2.05, 4.69) is 10.2 Å². The lowest BCUT2D eigenvalue weighted by Crippen LogP contribution is -2.44. The molecular formula is C24H26F2N4O2. The molecule has 1 amide bonds. The number of aliphatic hydroxyl groups excluding tert-OH is 1. The van der Waals surface area contributed by atoms with Crippen molar-refractivity contribution >= 4 is 5.91 Å². The molecule has 168 valence electrons. The minimum Gasteiger partial charge on any atom is -0.393 e. The molecule has 4 heterocycles. The number of rotatable bonds is 3. The van der Waals surface area contributed by atoms with Gasteiger partial charge in [0.2, 0.25) is 0 Å². The molecule has 8 heteroatoms. The van der Waals surface area contributed by atoms with Crippen LogP contribution in [0, 0.1) is 11.6 Å². The first-order valence-electron chi connectivity index (χ1n) is 11.1. The third-order valence-corrected chi connectivity index (χ3v) is 6.55. The molecule has 1 aromatic carbocycles. The highest BCUT2D eigenvalue weighted by Gasteiger charge is 2.33. The Morgan fingerprint density at radius 1 is 1.03 bits per heavy atom. The molecule has 2 saturated heterocycles. The van der Waals surface area contributed by atoms with Gasteiger partial charge in [-0.3, -0.25) is 4.79 Å². The number of carbonyl (C=O) groups is 1. The van der Waals surface area contributed by atoms with E-state index in [4.69, 9.17) is 0 Å². The van der Waals surface area contributed by atoms with Crippen LogP contribution in [-0.2, 0) is 4.79 Å². The molecule has 0 aromatic heterocycles. The topological polar surface area (TPSA) is 59.1 Å². The molecule has 2 fully saturated rings. The van der Waals surface area contributed by atoms with Crippen molar-refractivity contribution in [2.45, 2.75) is 37.8 Å². The molecular weight excluding hydrogens is 414 g/mol. The Balaban J connectivity index is 1.41. The fourth-order valence-corrected chi connectivity index (χ4v) is 4.84. The number of allylic oxidation sites excluding steroid dienone is 2. The van der Waals surface area contributed by atoms with Crippen molar-refractivity contribution in [1.82, 2.24) is 20.0 Å². The van der Waals surface area contributed by atoms with Crippen LogP contribution in [0.3, 0.4) is 0 Å². The first-order chi connectivity index (χ1) is 15.5. The van der Waals surface area contributed by atoms with Crippen LogP contribution in [0.15, 0.2) is 66.0 Å². The quantitative estimate of drug-likeness (QED) is 0.757. The van der Waals surface area contributed by atoms with Gasteiger partial charge in [0.25, 0.3) is 5.91 Å². The third kappa shape index (κ3) is 3.79. The number of hydrogen-bond donors (Lipinski definition) is 2. The monoisotopic (exact) mass is 440 g/mol. The van der Waals surface area contributed by atoms with Gasteiger partial charge in [-0.25, -0.2) is 8.78 Å². The molecule has 0 spiro atoms. The summed E-state index contributed by atoms with van der Waals surface area (Å²) < 4.78 is 28.3. The molecule has 6 nitrogen and oxygen atoms in total. The second-order valence-corrected chi connectivity index (χ2v) is 8.56.